The molecule has 3 nitrogen and oxygen atoms in total. The van der Waals surface area contributed by atoms with E-state index >= 15 is 0 Å². The van der Waals surface area contributed by atoms with E-state index in [2.05, 4.69) is 77.1 Å². The van der Waals surface area contributed by atoms with E-state index in [4.69, 9.17) is 5.11 Å². The number of hydrogen-bond acceptors (Lipinski definition) is 3. The average molecular weight is 368 g/mol. The fourth-order valence-corrected chi connectivity index (χ4v) is 4.10. The smallest absolute Gasteiger partial charge is 0.262 e. The zero-order valence-electron chi connectivity index (χ0n) is 15.6. The maximum absolute atomic E-state index is 9.06. The molecule has 1 heterocycles. The second-order valence-electron chi connectivity index (χ2n) is 6.48. The molecule has 0 aliphatic rings. The first-order valence-electron chi connectivity index (χ1n) is 9.24. The zero-order chi connectivity index (χ0) is 18.4. The van der Waals surface area contributed by atoms with Gasteiger partial charge in [-0.2, -0.15) is 4.57 Å². The summed E-state index contributed by atoms with van der Waals surface area (Å²) in [5, 5.41) is 10.3. The van der Waals surface area contributed by atoms with Crippen LogP contribution in [0.2, 0.25) is 0 Å². The SMILES string of the molecule is CCCC[n+]1c(/C=C/c2ccc(N(C)CCO)cc2)sc2ccccc21. The van der Waals surface area contributed by atoms with Crippen molar-refractivity contribution in [2.45, 2.75) is 26.3 Å². The fraction of sp³-hybridized carbons (Fsp3) is 0.318. The molecule has 3 rings (SSSR count). The van der Waals surface area contributed by atoms with Gasteiger partial charge >= 0.3 is 0 Å². The number of aliphatic hydroxyl groups excluding tert-OH is 1. The summed E-state index contributed by atoms with van der Waals surface area (Å²) in [5.74, 6) is 0. The molecule has 3 aromatic rings. The van der Waals surface area contributed by atoms with Crippen molar-refractivity contribution < 1.29 is 9.67 Å². The van der Waals surface area contributed by atoms with E-state index in [1.165, 1.54) is 33.6 Å². The monoisotopic (exact) mass is 367 g/mol. The summed E-state index contributed by atoms with van der Waals surface area (Å²) in [5.41, 5.74) is 3.63. The van der Waals surface area contributed by atoms with Crippen molar-refractivity contribution in [1.29, 1.82) is 0 Å². The normalized spacial score (nSPS) is 11.5. The molecule has 0 aliphatic heterocycles. The minimum atomic E-state index is 0.169. The van der Waals surface area contributed by atoms with Crippen LogP contribution in [0.1, 0.15) is 30.3 Å². The number of benzene rings is 2. The van der Waals surface area contributed by atoms with Crippen molar-refractivity contribution in [3.63, 3.8) is 0 Å². The van der Waals surface area contributed by atoms with Gasteiger partial charge in [-0.3, -0.25) is 0 Å². The second-order valence-corrected chi connectivity index (χ2v) is 7.55. The van der Waals surface area contributed by atoms with Gasteiger partial charge in [-0.25, -0.2) is 0 Å². The number of unbranched alkanes of at least 4 members (excludes halogenated alkanes) is 1. The number of aryl methyl sites for hydroxylation is 1. The Hall–Kier alpha value is -2.17. The second kappa shape index (κ2) is 8.97. The minimum absolute atomic E-state index is 0.169. The molecule has 0 aliphatic carbocycles. The van der Waals surface area contributed by atoms with E-state index in [-0.39, 0.29) is 6.61 Å². The number of thiazole rings is 1. The first-order valence-corrected chi connectivity index (χ1v) is 10.1. The molecule has 0 radical (unpaired) electrons. The number of nitrogens with zero attached hydrogens (tertiary/aromatic N) is 2. The largest absolute Gasteiger partial charge is 0.395 e. The van der Waals surface area contributed by atoms with Gasteiger partial charge in [0.15, 0.2) is 6.54 Å². The molecular formula is C22H27N2OS+. The van der Waals surface area contributed by atoms with Gasteiger partial charge < -0.3 is 10.0 Å². The first-order chi connectivity index (χ1) is 12.7. The van der Waals surface area contributed by atoms with Crippen LogP contribution in [-0.4, -0.2) is 25.3 Å². The Morgan fingerprint density at radius 3 is 2.58 bits per heavy atom. The number of aliphatic hydroxyl groups is 1. The molecule has 0 saturated carbocycles. The number of fused-ring (bicyclic) bond motifs is 1. The summed E-state index contributed by atoms with van der Waals surface area (Å²) in [7, 11) is 1.99. The molecule has 0 saturated heterocycles. The Morgan fingerprint density at radius 1 is 1.08 bits per heavy atom. The van der Waals surface area contributed by atoms with Crippen molar-refractivity contribution in [3.05, 3.63) is 59.1 Å². The molecule has 136 valence electrons. The highest BCUT2D eigenvalue weighted by molar-refractivity contribution is 7.18. The summed E-state index contributed by atoms with van der Waals surface area (Å²) in [6, 6.07) is 17.1. The molecule has 0 unspecified atom stereocenters. The van der Waals surface area contributed by atoms with Crippen molar-refractivity contribution in [2.75, 3.05) is 25.1 Å². The molecule has 4 heteroatoms. The highest BCUT2D eigenvalue weighted by Crippen LogP contribution is 2.22. The lowest BCUT2D eigenvalue weighted by Crippen LogP contribution is -2.34. The van der Waals surface area contributed by atoms with Crippen LogP contribution < -0.4 is 9.47 Å². The lowest BCUT2D eigenvalue weighted by molar-refractivity contribution is -0.669. The van der Waals surface area contributed by atoms with Crippen LogP contribution in [0.4, 0.5) is 5.69 Å². The van der Waals surface area contributed by atoms with Crippen LogP contribution in [0.15, 0.2) is 48.5 Å². The molecule has 0 amide bonds. The number of aromatic nitrogens is 1. The molecule has 1 N–H and O–H groups in total. The Morgan fingerprint density at radius 2 is 1.85 bits per heavy atom. The van der Waals surface area contributed by atoms with E-state index in [0.29, 0.717) is 6.54 Å². The summed E-state index contributed by atoms with van der Waals surface area (Å²) in [4.78, 5) is 2.05. The van der Waals surface area contributed by atoms with Gasteiger partial charge in [0.05, 0.1) is 6.61 Å². The molecule has 0 atom stereocenters. The standard InChI is InChI=1S/C22H27N2OS/c1-3-4-15-24-20-7-5-6-8-21(20)26-22(24)14-11-18-9-12-19(13-10-18)23(2)16-17-25/h5-14,25H,3-4,15-17H2,1-2H3/q+1. The van der Waals surface area contributed by atoms with Crippen molar-refractivity contribution in [1.82, 2.24) is 0 Å². The van der Waals surface area contributed by atoms with Gasteiger partial charge in [0.25, 0.3) is 5.01 Å². The van der Waals surface area contributed by atoms with E-state index in [1.54, 1.807) is 0 Å². The van der Waals surface area contributed by atoms with E-state index in [1.807, 2.05) is 18.4 Å². The number of likely N-dealkylation sites (N-methyl/N-ethyl adjacent to an activating group) is 1. The molecule has 0 bridgehead atoms. The predicted molar refractivity (Wildman–Crippen MR) is 113 cm³/mol. The molecule has 2 aromatic carbocycles. The quantitative estimate of drug-likeness (QED) is 0.590. The lowest BCUT2D eigenvalue weighted by atomic mass is 10.2. The fourth-order valence-electron chi connectivity index (χ4n) is 3.01. The number of rotatable bonds is 8. The van der Waals surface area contributed by atoms with E-state index in [9.17, 15) is 0 Å². The van der Waals surface area contributed by atoms with Crippen LogP contribution in [0.3, 0.4) is 0 Å². The van der Waals surface area contributed by atoms with Crippen molar-refractivity contribution in [3.8, 4) is 0 Å². The number of hydrogen-bond donors (Lipinski definition) is 1. The van der Waals surface area contributed by atoms with Crippen LogP contribution in [0.5, 0.6) is 0 Å². The third-order valence-electron chi connectivity index (χ3n) is 4.56. The van der Waals surface area contributed by atoms with E-state index < -0.39 is 0 Å². The predicted octanol–water partition coefficient (Wildman–Crippen LogP) is 4.59. The Bertz CT molecular complexity index is 867. The van der Waals surface area contributed by atoms with Crippen LogP contribution >= 0.6 is 11.3 Å². The zero-order valence-corrected chi connectivity index (χ0v) is 16.4. The van der Waals surface area contributed by atoms with Crippen LogP contribution in [0.25, 0.3) is 22.4 Å². The van der Waals surface area contributed by atoms with Crippen molar-refractivity contribution in [2.24, 2.45) is 0 Å². The molecular weight excluding hydrogens is 340 g/mol. The molecule has 26 heavy (non-hydrogen) atoms. The Balaban J connectivity index is 1.83. The molecule has 0 spiro atoms. The average Bonchev–Trinajstić information content (AvgIpc) is 3.03. The van der Waals surface area contributed by atoms with Gasteiger partial charge in [-0.05, 0) is 29.8 Å². The van der Waals surface area contributed by atoms with Gasteiger partial charge in [-0.1, -0.05) is 48.9 Å². The van der Waals surface area contributed by atoms with Gasteiger partial charge in [0.2, 0.25) is 5.52 Å². The molecule has 0 fully saturated rings. The Labute approximate surface area is 159 Å². The maximum atomic E-state index is 9.06. The highest BCUT2D eigenvalue weighted by Gasteiger charge is 2.17. The van der Waals surface area contributed by atoms with Gasteiger partial charge in [0, 0.05) is 37.8 Å². The third kappa shape index (κ3) is 4.32. The summed E-state index contributed by atoms with van der Waals surface area (Å²) in [6.45, 7) is 4.11. The van der Waals surface area contributed by atoms with Gasteiger partial charge in [0.1, 0.15) is 4.70 Å². The summed E-state index contributed by atoms with van der Waals surface area (Å²) < 4.78 is 3.77. The maximum Gasteiger partial charge on any atom is 0.262 e. The minimum Gasteiger partial charge on any atom is -0.395 e. The van der Waals surface area contributed by atoms with Gasteiger partial charge in [-0.15, -0.1) is 0 Å². The third-order valence-corrected chi connectivity index (χ3v) is 5.69. The topological polar surface area (TPSA) is 27.4 Å². The van der Waals surface area contributed by atoms with E-state index in [0.717, 1.165) is 12.2 Å². The highest BCUT2D eigenvalue weighted by atomic mass is 32.1. The lowest BCUT2D eigenvalue weighted by Gasteiger charge is -2.17. The summed E-state index contributed by atoms with van der Waals surface area (Å²) in [6.07, 6.45) is 6.80. The van der Waals surface area contributed by atoms with Crippen LogP contribution in [0, 0.1) is 0 Å². The number of para-hydroxylation sites is 1. The summed E-state index contributed by atoms with van der Waals surface area (Å²) >= 11 is 1.85. The Kier molecular flexibility index (Phi) is 6.42. The van der Waals surface area contributed by atoms with Crippen LogP contribution in [-0.2, 0) is 6.54 Å². The first kappa shape index (κ1) is 18.6. The van der Waals surface area contributed by atoms with Crippen molar-refractivity contribution >= 4 is 39.4 Å². The molecule has 1 aromatic heterocycles. The number of anilines is 1.